The summed E-state index contributed by atoms with van der Waals surface area (Å²) in [6, 6.07) is 6.63. The van der Waals surface area contributed by atoms with Crippen molar-refractivity contribution in [3.05, 3.63) is 35.6 Å². The highest BCUT2D eigenvalue weighted by atomic mass is 19.1. The van der Waals surface area contributed by atoms with Crippen molar-refractivity contribution in [2.24, 2.45) is 5.92 Å². The largest absolute Gasteiger partial charge is 0.396 e. The van der Waals surface area contributed by atoms with Gasteiger partial charge in [0.25, 0.3) is 0 Å². The van der Waals surface area contributed by atoms with E-state index in [9.17, 15) is 4.39 Å². The third-order valence-electron chi connectivity index (χ3n) is 2.10. The summed E-state index contributed by atoms with van der Waals surface area (Å²) in [5, 5.41) is 8.70. The third-order valence-corrected chi connectivity index (χ3v) is 2.10. The van der Waals surface area contributed by atoms with E-state index in [0.29, 0.717) is 5.92 Å². The summed E-state index contributed by atoms with van der Waals surface area (Å²) in [5.74, 6) is 0.223. The minimum atomic E-state index is -0.186. The van der Waals surface area contributed by atoms with Crippen LogP contribution in [-0.2, 0) is 6.42 Å². The van der Waals surface area contributed by atoms with Gasteiger partial charge in [0.05, 0.1) is 0 Å². The maximum atomic E-state index is 12.8. The van der Waals surface area contributed by atoms with Gasteiger partial charge >= 0.3 is 0 Å². The Morgan fingerprint density at radius 1 is 1.46 bits per heavy atom. The lowest BCUT2D eigenvalue weighted by molar-refractivity contribution is 0.262. The molecular formula is C11H15FO. The number of aliphatic hydroxyl groups is 1. The van der Waals surface area contributed by atoms with Gasteiger partial charge in [0, 0.05) is 6.61 Å². The van der Waals surface area contributed by atoms with Crippen LogP contribution in [-0.4, -0.2) is 11.7 Å². The highest BCUT2D eigenvalue weighted by Crippen LogP contribution is 2.12. The molecule has 0 heterocycles. The van der Waals surface area contributed by atoms with Gasteiger partial charge in [0.15, 0.2) is 0 Å². The Bertz CT molecular complexity index is 260. The lowest BCUT2D eigenvalue weighted by Crippen LogP contribution is -2.02. The summed E-state index contributed by atoms with van der Waals surface area (Å²) >= 11 is 0. The molecule has 0 aliphatic heterocycles. The van der Waals surface area contributed by atoms with E-state index >= 15 is 0 Å². The molecule has 0 amide bonds. The van der Waals surface area contributed by atoms with Gasteiger partial charge in [-0.15, -0.1) is 0 Å². The molecule has 1 aromatic carbocycles. The zero-order chi connectivity index (χ0) is 9.68. The molecule has 0 bridgehead atoms. The van der Waals surface area contributed by atoms with Crippen molar-refractivity contribution >= 4 is 0 Å². The van der Waals surface area contributed by atoms with Crippen LogP contribution in [0.1, 0.15) is 18.9 Å². The number of hydrogen-bond acceptors (Lipinski definition) is 1. The fraction of sp³-hybridized carbons (Fsp3) is 0.455. The van der Waals surface area contributed by atoms with Crippen molar-refractivity contribution in [3.63, 3.8) is 0 Å². The van der Waals surface area contributed by atoms with E-state index in [2.05, 4.69) is 6.92 Å². The molecule has 0 saturated heterocycles. The Hall–Kier alpha value is -0.890. The summed E-state index contributed by atoms with van der Waals surface area (Å²) in [6.07, 6.45) is 1.61. The van der Waals surface area contributed by atoms with Gasteiger partial charge in [0.1, 0.15) is 5.82 Å². The average molecular weight is 182 g/mol. The Labute approximate surface area is 78.2 Å². The van der Waals surface area contributed by atoms with Crippen LogP contribution < -0.4 is 0 Å². The van der Waals surface area contributed by atoms with Crippen LogP contribution in [0.25, 0.3) is 0 Å². The van der Waals surface area contributed by atoms with E-state index in [1.54, 1.807) is 12.1 Å². The van der Waals surface area contributed by atoms with Crippen molar-refractivity contribution in [2.45, 2.75) is 19.8 Å². The first-order valence-electron chi connectivity index (χ1n) is 4.57. The number of hydrogen-bond donors (Lipinski definition) is 1. The van der Waals surface area contributed by atoms with E-state index in [1.165, 1.54) is 6.07 Å². The summed E-state index contributed by atoms with van der Waals surface area (Å²) in [7, 11) is 0. The summed E-state index contributed by atoms with van der Waals surface area (Å²) in [6.45, 7) is 2.26. The van der Waals surface area contributed by atoms with E-state index < -0.39 is 0 Å². The number of aliphatic hydroxyl groups excluding tert-OH is 1. The molecule has 1 N–H and O–H groups in total. The molecular weight excluding hydrogens is 167 g/mol. The van der Waals surface area contributed by atoms with Crippen LogP contribution in [0.4, 0.5) is 4.39 Å². The average Bonchev–Trinajstić information content (AvgIpc) is 2.04. The maximum Gasteiger partial charge on any atom is 0.123 e. The van der Waals surface area contributed by atoms with E-state index in [-0.39, 0.29) is 12.4 Å². The number of rotatable bonds is 4. The molecule has 1 unspecified atom stereocenters. The van der Waals surface area contributed by atoms with Gasteiger partial charge in [-0.25, -0.2) is 4.39 Å². The maximum absolute atomic E-state index is 12.8. The standard InChI is InChI=1S/C11H15FO/c1-9(5-6-13)7-10-3-2-4-11(12)8-10/h2-4,8-9,13H,5-7H2,1H3. The van der Waals surface area contributed by atoms with Crippen molar-refractivity contribution in [1.82, 2.24) is 0 Å². The highest BCUT2D eigenvalue weighted by Gasteiger charge is 2.03. The Morgan fingerprint density at radius 3 is 2.85 bits per heavy atom. The molecule has 1 rings (SSSR count). The fourth-order valence-electron chi connectivity index (χ4n) is 1.39. The second kappa shape index (κ2) is 4.97. The topological polar surface area (TPSA) is 20.2 Å². The minimum Gasteiger partial charge on any atom is -0.396 e. The first-order valence-corrected chi connectivity index (χ1v) is 4.57. The molecule has 0 aliphatic carbocycles. The zero-order valence-corrected chi connectivity index (χ0v) is 7.83. The molecule has 0 fully saturated rings. The van der Waals surface area contributed by atoms with Gasteiger partial charge in [-0.2, -0.15) is 0 Å². The van der Waals surface area contributed by atoms with Crippen LogP contribution in [0.15, 0.2) is 24.3 Å². The molecule has 0 aliphatic rings. The Morgan fingerprint density at radius 2 is 2.23 bits per heavy atom. The second-order valence-electron chi connectivity index (χ2n) is 3.45. The normalized spacial score (nSPS) is 12.8. The quantitative estimate of drug-likeness (QED) is 0.758. The minimum absolute atomic E-state index is 0.186. The molecule has 0 radical (unpaired) electrons. The first-order chi connectivity index (χ1) is 6.22. The highest BCUT2D eigenvalue weighted by molar-refractivity contribution is 5.16. The van der Waals surface area contributed by atoms with Gasteiger partial charge in [-0.1, -0.05) is 19.1 Å². The molecule has 1 nitrogen and oxygen atoms in total. The smallest absolute Gasteiger partial charge is 0.123 e. The molecule has 1 aromatic rings. The summed E-state index contributed by atoms with van der Waals surface area (Å²) < 4.78 is 12.8. The molecule has 1 atom stereocenters. The fourth-order valence-corrected chi connectivity index (χ4v) is 1.39. The molecule has 72 valence electrons. The second-order valence-corrected chi connectivity index (χ2v) is 3.45. The van der Waals surface area contributed by atoms with Crippen molar-refractivity contribution in [1.29, 1.82) is 0 Å². The van der Waals surface area contributed by atoms with E-state index in [4.69, 9.17) is 5.11 Å². The first kappa shape index (κ1) is 10.2. The van der Waals surface area contributed by atoms with Gasteiger partial charge < -0.3 is 5.11 Å². The van der Waals surface area contributed by atoms with Crippen LogP contribution in [0, 0.1) is 11.7 Å². The summed E-state index contributed by atoms with van der Waals surface area (Å²) in [5.41, 5.74) is 1.00. The van der Waals surface area contributed by atoms with Crippen LogP contribution in [0.5, 0.6) is 0 Å². The third kappa shape index (κ3) is 3.55. The lowest BCUT2D eigenvalue weighted by Gasteiger charge is -2.08. The molecule has 2 heteroatoms. The molecule has 0 spiro atoms. The zero-order valence-electron chi connectivity index (χ0n) is 7.83. The SMILES string of the molecule is CC(CCO)Cc1cccc(F)c1. The molecule has 13 heavy (non-hydrogen) atoms. The Kier molecular flexibility index (Phi) is 3.90. The van der Waals surface area contributed by atoms with Crippen molar-refractivity contribution in [3.8, 4) is 0 Å². The number of benzene rings is 1. The predicted octanol–water partition coefficient (Wildman–Crippen LogP) is 2.39. The summed E-state index contributed by atoms with van der Waals surface area (Å²) in [4.78, 5) is 0. The van der Waals surface area contributed by atoms with Crippen molar-refractivity contribution in [2.75, 3.05) is 6.61 Å². The van der Waals surface area contributed by atoms with Crippen molar-refractivity contribution < 1.29 is 9.50 Å². The van der Waals surface area contributed by atoms with Gasteiger partial charge in [-0.05, 0) is 36.5 Å². The predicted molar refractivity (Wildman–Crippen MR) is 51.0 cm³/mol. The number of halogens is 1. The Balaban J connectivity index is 2.53. The van der Waals surface area contributed by atoms with Gasteiger partial charge in [-0.3, -0.25) is 0 Å². The van der Waals surface area contributed by atoms with E-state index in [1.807, 2.05) is 6.07 Å². The van der Waals surface area contributed by atoms with Crippen LogP contribution in [0.2, 0.25) is 0 Å². The lowest BCUT2D eigenvalue weighted by atomic mass is 9.98. The van der Waals surface area contributed by atoms with Crippen LogP contribution in [0.3, 0.4) is 0 Å². The monoisotopic (exact) mass is 182 g/mol. The molecule has 0 aromatic heterocycles. The van der Waals surface area contributed by atoms with Crippen LogP contribution >= 0.6 is 0 Å². The van der Waals surface area contributed by atoms with Gasteiger partial charge in [0.2, 0.25) is 0 Å². The molecule has 0 saturated carbocycles. The van der Waals surface area contributed by atoms with E-state index in [0.717, 1.165) is 18.4 Å².